The Morgan fingerprint density at radius 3 is 2.86 bits per heavy atom. The first-order chi connectivity index (χ1) is 6.86. The molecular weight excluding hydrogens is 174 g/mol. The molecular formula is C12H11NO. The fourth-order valence-electron chi connectivity index (χ4n) is 1.93. The Labute approximate surface area is 82.2 Å². The van der Waals surface area contributed by atoms with Gasteiger partial charge in [-0.2, -0.15) is 0 Å². The SMILES string of the molecule is Oc1ccc(C2CC2)c2cccnc12. The summed E-state index contributed by atoms with van der Waals surface area (Å²) in [4.78, 5) is 4.20. The van der Waals surface area contributed by atoms with Gasteiger partial charge in [-0.3, -0.25) is 4.98 Å². The maximum Gasteiger partial charge on any atom is 0.141 e. The first-order valence-corrected chi connectivity index (χ1v) is 4.93. The fourth-order valence-corrected chi connectivity index (χ4v) is 1.93. The average molecular weight is 185 g/mol. The Balaban J connectivity index is 2.35. The summed E-state index contributed by atoms with van der Waals surface area (Å²) in [6.45, 7) is 0. The molecule has 0 spiro atoms. The summed E-state index contributed by atoms with van der Waals surface area (Å²) < 4.78 is 0. The van der Waals surface area contributed by atoms with Crippen LogP contribution in [-0.4, -0.2) is 10.1 Å². The van der Waals surface area contributed by atoms with Crippen LogP contribution in [-0.2, 0) is 0 Å². The monoisotopic (exact) mass is 185 g/mol. The molecule has 1 aromatic carbocycles. The molecule has 1 aromatic heterocycles. The van der Waals surface area contributed by atoms with Gasteiger partial charge in [0, 0.05) is 11.6 Å². The highest BCUT2D eigenvalue weighted by Gasteiger charge is 2.25. The lowest BCUT2D eigenvalue weighted by Crippen LogP contribution is -1.85. The molecule has 0 unspecified atom stereocenters. The lowest BCUT2D eigenvalue weighted by molar-refractivity contribution is 0.480. The topological polar surface area (TPSA) is 33.1 Å². The second kappa shape index (κ2) is 2.71. The summed E-state index contributed by atoms with van der Waals surface area (Å²) in [7, 11) is 0. The van der Waals surface area contributed by atoms with E-state index < -0.39 is 0 Å². The molecule has 1 saturated carbocycles. The van der Waals surface area contributed by atoms with Crippen molar-refractivity contribution in [3.05, 3.63) is 36.0 Å². The number of hydrogen-bond donors (Lipinski definition) is 1. The molecule has 1 aliphatic rings. The summed E-state index contributed by atoms with van der Waals surface area (Å²) >= 11 is 0. The second-order valence-corrected chi connectivity index (χ2v) is 3.85. The minimum absolute atomic E-state index is 0.282. The fraction of sp³-hybridized carbons (Fsp3) is 0.250. The van der Waals surface area contributed by atoms with Gasteiger partial charge in [-0.05, 0) is 36.5 Å². The van der Waals surface area contributed by atoms with Crippen LogP contribution in [0.5, 0.6) is 5.75 Å². The van der Waals surface area contributed by atoms with Crippen LogP contribution in [0, 0.1) is 0 Å². The maximum absolute atomic E-state index is 9.64. The Kier molecular flexibility index (Phi) is 1.51. The van der Waals surface area contributed by atoms with E-state index in [2.05, 4.69) is 4.98 Å². The Morgan fingerprint density at radius 2 is 2.07 bits per heavy atom. The van der Waals surface area contributed by atoms with Crippen molar-refractivity contribution < 1.29 is 5.11 Å². The number of hydrogen-bond acceptors (Lipinski definition) is 2. The first-order valence-electron chi connectivity index (χ1n) is 4.93. The van der Waals surface area contributed by atoms with E-state index in [1.54, 1.807) is 12.3 Å². The zero-order valence-electron chi connectivity index (χ0n) is 7.77. The summed E-state index contributed by atoms with van der Waals surface area (Å²) in [6, 6.07) is 7.74. The minimum Gasteiger partial charge on any atom is -0.506 e. The van der Waals surface area contributed by atoms with E-state index in [0.29, 0.717) is 5.92 Å². The molecule has 3 rings (SSSR count). The molecule has 0 aliphatic heterocycles. The first kappa shape index (κ1) is 7.80. The van der Waals surface area contributed by atoms with E-state index in [1.807, 2.05) is 18.2 Å². The predicted molar refractivity (Wildman–Crippen MR) is 55.4 cm³/mol. The van der Waals surface area contributed by atoms with E-state index in [-0.39, 0.29) is 5.75 Å². The molecule has 1 N–H and O–H groups in total. The normalized spacial score (nSPS) is 16.0. The van der Waals surface area contributed by atoms with Crippen molar-refractivity contribution >= 4 is 10.9 Å². The second-order valence-electron chi connectivity index (χ2n) is 3.85. The number of fused-ring (bicyclic) bond motifs is 1. The maximum atomic E-state index is 9.64. The number of benzene rings is 1. The molecule has 1 heterocycles. The van der Waals surface area contributed by atoms with Crippen LogP contribution >= 0.6 is 0 Å². The van der Waals surface area contributed by atoms with Crippen LogP contribution < -0.4 is 0 Å². The van der Waals surface area contributed by atoms with Crippen molar-refractivity contribution in [1.29, 1.82) is 0 Å². The lowest BCUT2D eigenvalue weighted by Gasteiger charge is -2.05. The molecule has 0 radical (unpaired) electrons. The third kappa shape index (κ3) is 1.07. The van der Waals surface area contributed by atoms with E-state index >= 15 is 0 Å². The van der Waals surface area contributed by atoms with Gasteiger partial charge < -0.3 is 5.11 Å². The summed E-state index contributed by atoms with van der Waals surface area (Å²) in [6.07, 6.45) is 4.27. The van der Waals surface area contributed by atoms with Gasteiger partial charge >= 0.3 is 0 Å². The highest BCUT2D eigenvalue weighted by molar-refractivity contribution is 5.87. The predicted octanol–water partition coefficient (Wildman–Crippen LogP) is 2.82. The number of aromatic nitrogens is 1. The van der Waals surface area contributed by atoms with E-state index in [9.17, 15) is 5.11 Å². The number of phenolic OH excluding ortho intramolecular Hbond substituents is 1. The zero-order chi connectivity index (χ0) is 9.54. The average Bonchev–Trinajstić information content (AvgIpc) is 3.03. The third-order valence-corrected chi connectivity index (χ3v) is 2.80. The molecule has 1 fully saturated rings. The van der Waals surface area contributed by atoms with Gasteiger partial charge in [0.05, 0.1) is 0 Å². The van der Waals surface area contributed by atoms with Crippen molar-refractivity contribution in [3.63, 3.8) is 0 Å². The molecule has 2 nitrogen and oxygen atoms in total. The van der Waals surface area contributed by atoms with Gasteiger partial charge in [0.15, 0.2) is 0 Å². The molecule has 0 amide bonds. The number of pyridine rings is 1. The summed E-state index contributed by atoms with van der Waals surface area (Å²) in [5, 5.41) is 10.7. The minimum atomic E-state index is 0.282. The Bertz CT molecular complexity index is 489. The standard InChI is InChI=1S/C12H11NO/c14-11-6-5-9(8-3-4-8)10-2-1-7-13-12(10)11/h1-2,5-8,14H,3-4H2. The molecule has 0 atom stereocenters. The number of phenols is 1. The Hall–Kier alpha value is -1.57. The van der Waals surface area contributed by atoms with Crippen LogP contribution in [0.4, 0.5) is 0 Å². The molecule has 2 heteroatoms. The molecule has 0 saturated heterocycles. The van der Waals surface area contributed by atoms with Gasteiger partial charge in [0.25, 0.3) is 0 Å². The number of aromatic hydroxyl groups is 1. The molecule has 14 heavy (non-hydrogen) atoms. The molecule has 2 aromatic rings. The van der Waals surface area contributed by atoms with Gasteiger partial charge in [-0.1, -0.05) is 12.1 Å². The summed E-state index contributed by atoms with van der Waals surface area (Å²) in [5.74, 6) is 0.979. The largest absolute Gasteiger partial charge is 0.506 e. The van der Waals surface area contributed by atoms with Crippen molar-refractivity contribution in [2.75, 3.05) is 0 Å². The van der Waals surface area contributed by atoms with Gasteiger partial charge in [0.2, 0.25) is 0 Å². The van der Waals surface area contributed by atoms with E-state index in [4.69, 9.17) is 0 Å². The quantitative estimate of drug-likeness (QED) is 0.741. The van der Waals surface area contributed by atoms with E-state index in [0.717, 1.165) is 10.9 Å². The van der Waals surface area contributed by atoms with Crippen LogP contribution in [0.15, 0.2) is 30.5 Å². The highest BCUT2D eigenvalue weighted by atomic mass is 16.3. The highest BCUT2D eigenvalue weighted by Crippen LogP contribution is 2.43. The van der Waals surface area contributed by atoms with Gasteiger partial charge in [-0.25, -0.2) is 0 Å². The number of nitrogens with zero attached hydrogens (tertiary/aromatic N) is 1. The van der Waals surface area contributed by atoms with Gasteiger partial charge in [-0.15, -0.1) is 0 Å². The zero-order valence-corrected chi connectivity index (χ0v) is 7.77. The van der Waals surface area contributed by atoms with E-state index in [1.165, 1.54) is 18.4 Å². The van der Waals surface area contributed by atoms with Crippen molar-refractivity contribution in [1.82, 2.24) is 4.98 Å². The lowest BCUT2D eigenvalue weighted by atomic mass is 10.0. The summed E-state index contributed by atoms with van der Waals surface area (Å²) in [5.41, 5.74) is 2.07. The third-order valence-electron chi connectivity index (χ3n) is 2.80. The van der Waals surface area contributed by atoms with Crippen molar-refractivity contribution in [2.45, 2.75) is 18.8 Å². The van der Waals surface area contributed by atoms with Crippen molar-refractivity contribution in [2.24, 2.45) is 0 Å². The van der Waals surface area contributed by atoms with Gasteiger partial charge in [0.1, 0.15) is 11.3 Å². The smallest absolute Gasteiger partial charge is 0.141 e. The van der Waals surface area contributed by atoms with Crippen LogP contribution in [0.2, 0.25) is 0 Å². The van der Waals surface area contributed by atoms with Crippen LogP contribution in [0.3, 0.4) is 0 Å². The number of rotatable bonds is 1. The van der Waals surface area contributed by atoms with Crippen molar-refractivity contribution in [3.8, 4) is 5.75 Å². The van der Waals surface area contributed by atoms with Crippen LogP contribution in [0.1, 0.15) is 24.3 Å². The molecule has 1 aliphatic carbocycles. The molecule has 70 valence electrons. The molecule has 0 bridgehead atoms. The van der Waals surface area contributed by atoms with Crippen LogP contribution in [0.25, 0.3) is 10.9 Å². The Morgan fingerprint density at radius 1 is 1.21 bits per heavy atom.